The predicted molar refractivity (Wildman–Crippen MR) is 126 cm³/mol. The van der Waals surface area contributed by atoms with Crippen LogP contribution >= 0.6 is 0 Å². The Balaban J connectivity index is 1.63. The number of hydrogen-bond acceptors (Lipinski definition) is 7. The van der Waals surface area contributed by atoms with Crippen LogP contribution in [0.25, 0.3) is 27.8 Å². The van der Waals surface area contributed by atoms with Crippen LogP contribution in [0.5, 0.6) is 0 Å². The van der Waals surface area contributed by atoms with Gasteiger partial charge in [-0.2, -0.15) is 10.1 Å². The number of benzene rings is 1. The molecular weight excluding hydrogens is 420 g/mol. The van der Waals surface area contributed by atoms with Crippen molar-refractivity contribution in [1.29, 1.82) is 0 Å². The van der Waals surface area contributed by atoms with E-state index in [1.165, 1.54) is 6.20 Å². The molecule has 10 nitrogen and oxygen atoms in total. The standard InChI is InChI=1S/C23H24N8O2/c1-5-30-21(32)16-13-24-22(26-15-9-10-17-14(11-15)12-25-29(17)4)28-20(16)31(30)19-8-6-7-18(27-19)23(2,3)33/h6-13,33H,5H2,1-4H3,(H,24,26,28). The Bertz CT molecular complexity index is 1550. The van der Waals surface area contributed by atoms with Gasteiger partial charge in [0.2, 0.25) is 5.95 Å². The van der Waals surface area contributed by atoms with E-state index in [0.717, 1.165) is 16.6 Å². The fourth-order valence-electron chi connectivity index (χ4n) is 3.86. The molecular formula is C23H24N8O2. The summed E-state index contributed by atoms with van der Waals surface area (Å²) in [7, 11) is 1.89. The Kier molecular flexibility index (Phi) is 4.75. The number of nitrogens with zero attached hydrogens (tertiary/aromatic N) is 7. The highest BCUT2D eigenvalue weighted by atomic mass is 16.3. The van der Waals surface area contributed by atoms with Crippen LogP contribution < -0.4 is 10.9 Å². The molecule has 5 rings (SSSR count). The molecule has 10 heteroatoms. The van der Waals surface area contributed by atoms with Crippen molar-refractivity contribution in [3.8, 4) is 5.82 Å². The summed E-state index contributed by atoms with van der Waals surface area (Å²) in [6, 6.07) is 11.2. The van der Waals surface area contributed by atoms with Crippen LogP contribution in [-0.4, -0.2) is 39.2 Å². The van der Waals surface area contributed by atoms with E-state index in [0.29, 0.717) is 35.0 Å². The van der Waals surface area contributed by atoms with E-state index in [1.807, 2.05) is 36.9 Å². The summed E-state index contributed by atoms with van der Waals surface area (Å²) in [6.45, 7) is 5.64. The van der Waals surface area contributed by atoms with Gasteiger partial charge in [-0.05, 0) is 51.1 Å². The molecule has 0 saturated heterocycles. The third-order valence-electron chi connectivity index (χ3n) is 5.56. The summed E-state index contributed by atoms with van der Waals surface area (Å²) < 4.78 is 5.04. The van der Waals surface area contributed by atoms with E-state index in [2.05, 4.69) is 25.4 Å². The molecule has 0 saturated carbocycles. The van der Waals surface area contributed by atoms with Crippen LogP contribution in [0, 0.1) is 0 Å². The monoisotopic (exact) mass is 444 g/mol. The Hall–Kier alpha value is -4.05. The highest BCUT2D eigenvalue weighted by Gasteiger charge is 2.21. The molecule has 33 heavy (non-hydrogen) atoms. The number of aliphatic hydroxyl groups is 1. The minimum Gasteiger partial charge on any atom is -0.384 e. The molecule has 0 atom stereocenters. The zero-order valence-corrected chi connectivity index (χ0v) is 18.8. The Morgan fingerprint density at radius 2 is 1.94 bits per heavy atom. The van der Waals surface area contributed by atoms with Crippen LogP contribution in [-0.2, 0) is 19.2 Å². The maximum absolute atomic E-state index is 13.0. The summed E-state index contributed by atoms with van der Waals surface area (Å²) >= 11 is 0. The zero-order chi connectivity index (χ0) is 23.3. The van der Waals surface area contributed by atoms with Crippen molar-refractivity contribution < 1.29 is 5.11 Å². The van der Waals surface area contributed by atoms with Gasteiger partial charge < -0.3 is 10.4 Å². The molecule has 168 valence electrons. The Labute approximate surface area is 189 Å². The van der Waals surface area contributed by atoms with Gasteiger partial charge in [0.1, 0.15) is 11.0 Å². The second kappa shape index (κ2) is 7.52. The number of aromatic nitrogens is 7. The molecule has 0 amide bonds. The molecule has 0 unspecified atom stereocenters. The molecule has 0 spiro atoms. The molecule has 0 aliphatic rings. The number of rotatable bonds is 5. The lowest BCUT2D eigenvalue weighted by Gasteiger charge is -2.18. The van der Waals surface area contributed by atoms with Gasteiger partial charge in [0.25, 0.3) is 5.56 Å². The third kappa shape index (κ3) is 3.54. The van der Waals surface area contributed by atoms with E-state index in [9.17, 15) is 9.90 Å². The molecule has 4 heterocycles. The van der Waals surface area contributed by atoms with E-state index in [-0.39, 0.29) is 5.56 Å². The minimum atomic E-state index is -1.12. The van der Waals surface area contributed by atoms with Crippen molar-refractivity contribution >= 4 is 33.6 Å². The quantitative estimate of drug-likeness (QED) is 0.428. The first-order valence-electron chi connectivity index (χ1n) is 10.6. The lowest BCUT2D eigenvalue weighted by molar-refractivity contribution is 0.0738. The average Bonchev–Trinajstić information content (AvgIpc) is 3.29. The normalized spacial score (nSPS) is 12.0. The maximum atomic E-state index is 13.0. The van der Waals surface area contributed by atoms with Crippen molar-refractivity contribution in [2.75, 3.05) is 5.32 Å². The molecule has 0 aliphatic carbocycles. The van der Waals surface area contributed by atoms with Gasteiger partial charge in [0.15, 0.2) is 11.5 Å². The van der Waals surface area contributed by atoms with Crippen molar-refractivity contribution in [3.63, 3.8) is 0 Å². The van der Waals surface area contributed by atoms with Gasteiger partial charge in [-0.3, -0.25) is 9.48 Å². The second-order valence-corrected chi connectivity index (χ2v) is 8.37. The molecule has 0 fully saturated rings. The van der Waals surface area contributed by atoms with Crippen LogP contribution in [0.3, 0.4) is 0 Å². The van der Waals surface area contributed by atoms with Crippen molar-refractivity contribution in [2.45, 2.75) is 32.9 Å². The van der Waals surface area contributed by atoms with Gasteiger partial charge in [-0.15, -0.1) is 0 Å². The second-order valence-electron chi connectivity index (χ2n) is 8.37. The van der Waals surface area contributed by atoms with Gasteiger partial charge in [-0.1, -0.05) is 6.07 Å². The number of aryl methyl sites for hydroxylation is 1. The average molecular weight is 444 g/mol. The number of nitrogens with one attached hydrogen (secondary N) is 1. The van der Waals surface area contributed by atoms with Gasteiger partial charge in [0.05, 0.1) is 17.4 Å². The van der Waals surface area contributed by atoms with Crippen LogP contribution in [0.1, 0.15) is 26.5 Å². The topological polar surface area (TPSA) is 116 Å². The van der Waals surface area contributed by atoms with Gasteiger partial charge in [-0.25, -0.2) is 19.3 Å². The van der Waals surface area contributed by atoms with Gasteiger partial charge in [0, 0.05) is 30.9 Å². The third-order valence-corrected chi connectivity index (χ3v) is 5.56. The molecule has 1 aromatic carbocycles. The van der Waals surface area contributed by atoms with Crippen LogP contribution in [0.4, 0.5) is 11.6 Å². The number of fused-ring (bicyclic) bond motifs is 2. The first kappa shape index (κ1) is 20.8. The summed E-state index contributed by atoms with van der Waals surface area (Å²) in [5, 5.41) is 19.3. The number of pyridine rings is 1. The molecule has 0 aliphatic heterocycles. The van der Waals surface area contributed by atoms with E-state index in [1.54, 1.807) is 47.6 Å². The van der Waals surface area contributed by atoms with E-state index in [4.69, 9.17) is 0 Å². The number of anilines is 2. The fourth-order valence-corrected chi connectivity index (χ4v) is 3.86. The minimum absolute atomic E-state index is 0.203. The zero-order valence-electron chi connectivity index (χ0n) is 18.8. The lowest BCUT2D eigenvalue weighted by atomic mass is 10.1. The molecule has 0 radical (unpaired) electrons. The highest BCUT2D eigenvalue weighted by Crippen LogP contribution is 2.23. The Morgan fingerprint density at radius 1 is 1.12 bits per heavy atom. The fraction of sp³-hybridized carbons (Fsp3) is 0.261. The van der Waals surface area contributed by atoms with Crippen molar-refractivity contribution in [2.24, 2.45) is 7.05 Å². The van der Waals surface area contributed by atoms with Crippen molar-refractivity contribution in [1.82, 2.24) is 34.1 Å². The summed E-state index contributed by atoms with van der Waals surface area (Å²) in [4.78, 5) is 26.6. The van der Waals surface area contributed by atoms with Crippen molar-refractivity contribution in [3.05, 3.63) is 64.8 Å². The Morgan fingerprint density at radius 3 is 2.70 bits per heavy atom. The molecule has 2 N–H and O–H groups in total. The van der Waals surface area contributed by atoms with Crippen LogP contribution in [0.15, 0.2) is 53.6 Å². The number of hydrogen-bond donors (Lipinski definition) is 2. The van der Waals surface area contributed by atoms with Gasteiger partial charge >= 0.3 is 0 Å². The molecule has 0 bridgehead atoms. The smallest absolute Gasteiger partial charge is 0.278 e. The maximum Gasteiger partial charge on any atom is 0.278 e. The first-order valence-corrected chi connectivity index (χ1v) is 10.6. The summed E-state index contributed by atoms with van der Waals surface area (Å²) in [5.41, 5.74) is 1.43. The largest absolute Gasteiger partial charge is 0.384 e. The highest BCUT2D eigenvalue weighted by molar-refractivity contribution is 5.83. The van der Waals surface area contributed by atoms with Crippen LogP contribution in [0.2, 0.25) is 0 Å². The summed E-state index contributed by atoms with van der Waals surface area (Å²) in [5.74, 6) is 0.844. The first-order chi connectivity index (χ1) is 15.8. The summed E-state index contributed by atoms with van der Waals surface area (Å²) in [6.07, 6.45) is 3.32. The van der Waals surface area contributed by atoms with E-state index < -0.39 is 5.60 Å². The predicted octanol–water partition coefficient (Wildman–Crippen LogP) is 2.85. The molecule has 4 aromatic heterocycles. The van der Waals surface area contributed by atoms with E-state index >= 15 is 0 Å². The molecule has 5 aromatic rings. The SMILES string of the molecule is CCn1c(=O)c2cnc(Nc3ccc4c(cnn4C)c3)nc2n1-c1cccc(C(C)(C)O)n1. The lowest BCUT2D eigenvalue weighted by Crippen LogP contribution is -2.23.